The molecular weight excluding hydrogens is 270 g/mol. The Bertz CT molecular complexity index is 570. The van der Waals surface area contributed by atoms with E-state index < -0.39 is 10.0 Å². The van der Waals surface area contributed by atoms with Crippen molar-refractivity contribution in [3.63, 3.8) is 0 Å². The van der Waals surface area contributed by atoms with E-state index in [9.17, 15) is 8.42 Å². The van der Waals surface area contributed by atoms with E-state index in [1.807, 2.05) is 0 Å². The molecule has 0 aliphatic carbocycles. The van der Waals surface area contributed by atoms with Crippen LogP contribution in [-0.2, 0) is 14.8 Å². The van der Waals surface area contributed by atoms with Gasteiger partial charge >= 0.3 is 0 Å². The van der Waals surface area contributed by atoms with Gasteiger partial charge in [0.05, 0.1) is 18.4 Å². The van der Waals surface area contributed by atoms with E-state index in [0.717, 1.165) is 12.8 Å². The molecule has 0 saturated carbocycles. The molecule has 2 saturated heterocycles. The van der Waals surface area contributed by atoms with Crippen molar-refractivity contribution in [3.05, 3.63) is 11.7 Å². The standard InChI is InChI=1S/C11H17N3O4S/c1-7-12-11(18-13-7)10-4-3-8-9(17-10)5-6-14(8)19(2,15)16/h8-10H,3-6H2,1-2H3/t8-,9-,10+/m1/s1. The molecule has 7 nitrogen and oxygen atoms in total. The van der Waals surface area contributed by atoms with Crippen LogP contribution in [0.15, 0.2) is 4.52 Å². The van der Waals surface area contributed by atoms with Gasteiger partial charge in [0.15, 0.2) is 5.82 Å². The van der Waals surface area contributed by atoms with Gasteiger partial charge in [-0.05, 0) is 26.2 Å². The highest BCUT2D eigenvalue weighted by molar-refractivity contribution is 7.88. The van der Waals surface area contributed by atoms with E-state index in [-0.39, 0.29) is 18.2 Å². The minimum atomic E-state index is -3.15. The zero-order valence-corrected chi connectivity index (χ0v) is 11.8. The summed E-state index contributed by atoms with van der Waals surface area (Å²) in [6.07, 6.45) is 3.17. The lowest BCUT2D eigenvalue weighted by atomic mass is 10.00. The normalized spacial score (nSPS) is 32.4. The summed E-state index contributed by atoms with van der Waals surface area (Å²) < 4.78 is 36.0. The van der Waals surface area contributed by atoms with Crippen molar-refractivity contribution in [1.82, 2.24) is 14.4 Å². The molecule has 8 heteroatoms. The smallest absolute Gasteiger partial charge is 0.255 e. The fourth-order valence-electron chi connectivity index (χ4n) is 2.93. The number of fused-ring (bicyclic) bond motifs is 1. The molecule has 0 aromatic carbocycles. The lowest BCUT2D eigenvalue weighted by Crippen LogP contribution is -2.42. The van der Waals surface area contributed by atoms with Crippen molar-refractivity contribution >= 4 is 10.0 Å². The molecule has 0 N–H and O–H groups in total. The zero-order chi connectivity index (χ0) is 13.6. The monoisotopic (exact) mass is 287 g/mol. The van der Waals surface area contributed by atoms with Crippen LogP contribution in [0.3, 0.4) is 0 Å². The average molecular weight is 287 g/mol. The van der Waals surface area contributed by atoms with Crippen LogP contribution in [0.4, 0.5) is 0 Å². The van der Waals surface area contributed by atoms with Crippen molar-refractivity contribution in [3.8, 4) is 0 Å². The Morgan fingerprint density at radius 3 is 2.74 bits per heavy atom. The van der Waals surface area contributed by atoms with Crippen molar-refractivity contribution in [2.45, 2.75) is 44.4 Å². The zero-order valence-electron chi connectivity index (χ0n) is 10.9. The number of rotatable bonds is 2. The largest absolute Gasteiger partial charge is 0.363 e. The van der Waals surface area contributed by atoms with Gasteiger partial charge in [0, 0.05) is 6.54 Å². The minimum absolute atomic E-state index is 0.0460. The molecule has 2 aliphatic heterocycles. The summed E-state index contributed by atoms with van der Waals surface area (Å²) in [5, 5.41) is 3.76. The second kappa shape index (κ2) is 4.53. The SMILES string of the molecule is Cc1noc([C@@H]2CC[C@@H]3[C@@H](CCN3S(C)(=O)=O)O2)n1. The molecule has 19 heavy (non-hydrogen) atoms. The van der Waals surface area contributed by atoms with E-state index in [4.69, 9.17) is 9.26 Å². The Morgan fingerprint density at radius 1 is 1.32 bits per heavy atom. The van der Waals surface area contributed by atoms with Crippen LogP contribution in [0.2, 0.25) is 0 Å². The molecular formula is C11H17N3O4S. The quantitative estimate of drug-likeness (QED) is 0.793. The van der Waals surface area contributed by atoms with E-state index in [1.54, 1.807) is 11.2 Å². The Balaban J connectivity index is 1.74. The van der Waals surface area contributed by atoms with Gasteiger partial charge in [-0.1, -0.05) is 5.16 Å². The molecule has 0 bridgehead atoms. The maximum atomic E-state index is 11.7. The van der Waals surface area contributed by atoms with E-state index in [0.29, 0.717) is 24.7 Å². The first-order valence-corrected chi connectivity index (χ1v) is 8.22. The number of hydrogen-bond donors (Lipinski definition) is 0. The van der Waals surface area contributed by atoms with Crippen molar-refractivity contribution in [2.75, 3.05) is 12.8 Å². The highest BCUT2D eigenvalue weighted by Gasteiger charge is 2.44. The molecule has 0 spiro atoms. The first-order chi connectivity index (χ1) is 8.95. The number of sulfonamides is 1. The maximum absolute atomic E-state index is 11.7. The summed E-state index contributed by atoms with van der Waals surface area (Å²) >= 11 is 0. The number of aromatic nitrogens is 2. The summed E-state index contributed by atoms with van der Waals surface area (Å²) in [4.78, 5) is 4.18. The molecule has 106 valence electrons. The average Bonchev–Trinajstić information content (AvgIpc) is 2.92. The molecule has 1 aromatic rings. The van der Waals surface area contributed by atoms with Gasteiger partial charge < -0.3 is 9.26 Å². The Hall–Kier alpha value is -0.990. The van der Waals surface area contributed by atoms with Crippen LogP contribution in [0, 0.1) is 6.92 Å². The van der Waals surface area contributed by atoms with Crippen LogP contribution >= 0.6 is 0 Å². The highest BCUT2D eigenvalue weighted by atomic mass is 32.2. The third-order valence-electron chi connectivity index (χ3n) is 3.74. The van der Waals surface area contributed by atoms with Gasteiger partial charge in [-0.25, -0.2) is 8.42 Å². The molecule has 3 heterocycles. The molecule has 3 rings (SSSR count). The lowest BCUT2D eigenvalue weighted by Gasteiger charge is -2.33. The summed E-state index contributed by atoms with van der Waals surface area (Å²) in [7, 11) is -3.15. The van der Waals surface area contributed by atoms with Crippen LogP contribution in [0.5, 0.6) is 0 Å². The van der Waals surface area contributed by atoms with Crippen molar-refractivity contribution in [2.24, 2.45) is 0 Å². The molecule has 2 fully saturated rings. The maximum Gasteiger partial charge on any atom is 0.255 e. The van der Waals surface area contributed by atoms with Crippen LogP contribution in [0.25, 0.3) is 0 Å². The molecule has 0 radical (unpaired) electrons. The lowest BCUT2D eigenvalue weighted by molar-refractivity contribution is -0.0752. The van der Waals surface area contributed by atoms with Crippen LogP contribution < -0.4 is 0 Å². The molecule has 1 aromatic heterocycles. The van der Waals surface area contributed by atoms with E-state index in [1.165, 1.54) is 6.26 Å². The predicted octanol–water partition coefficient (Wildman–Crippen LogP) is 0.632. The Labute approximate surface area is 112 Å². The second-order valence-electron chi connectivity index (χ2n) is 5.15. The van der Waals surface area contributed by atoms with Gasteiger partial charge in [-0.15, -0.1) is 0 Å². The van der Waals surface area contributed by atoms with Gasteiger partial charge in [-0.3, -0.25) is 0 Å². The topological polar surface area (TPSA) is 85.5 Å². The fraction of sp³-hybridized carbons (Fsp3) is 0.818. The third-order valence-corrected chi connectivity index (χ3v) is 5.05. The van der Waals surface area contributed by atoms with Crippen LogP contribution in [-0.4, -0.2) is 47.8 Å². The first kappa shape index (κ1) is 13.0. The van der Waals surface area contributed by atoms with E-state index in [2.05, 4.69) is 10.1 Å². The number of nitrogens with zero attached hydrogens (tertiary/aromatic N) is 3. The Kier molecular flexibility index (Phi) is 3.11. The van der Waals surface area contributed by atoms with Crippen LogP contribution in [0.1, 0.15) is 37.1 Å². The van der Waals surface area contributed by atoms with E-state index >= 15 is 0 Å². The second-order valence-corrected chi connectivity index (χ2v) is 7.09. The van der Waals surface area contributed by atoms with Gasteiger partial charge in [0.2, 0.25) is 10.0 Å². The molecule has 0 amide bonds. The molecule has 0 unspecified atom stereocenters. The first-order valence-electron chi connectivity index (χ1n) is 6.37. The number of hydrogen-bond acceptors (Lipinski definition) is 6. The van der Waals surface area contributed by atoms with Crippen molar-refractivity contribution < 1.29 is 17.7 Å². The molecule has 2 aliphatic rings. The highest BCUT2D eigenvalue weighted by Crippen LogP contribution is 2.38. The minimum Gasteiger partial charge on any atom is -0.363 e. The fourth-order valence-corrected chi connectivity index (χ4v) is 4.10. The van der Waals surface area contributed by atoms with Crippen molar-refractivity contribution in [1.29, 1.82) is 0 Å². The summed E-state index contributed by atoms with van der Waals surface area (Å²) in [6, 6.07) is -0.0460. The summed E-state index contributed by atoms with van der Waals surface area (Å²) in [5.41, 5.74) is 0. The van der Waals surface area contributed by atoms with Gasteiger partial charge in [0.25, 0.3) is 5.89 Å². The summed E-state index contributed by atoms with van der Waals surface area (Å²) in [5.74, 6) is 1.08. The Morgan fingerprint density at radius 2 is 2.11 bits per heavy atom. The summed E-state index contributed by atoms with van der Waals surface area (Å²) in [6.45, 7) is 2.29. The predicted molar refractivity (Wildman–Crippen MR) is 65.8 cm³/mol. The number of aryl methyl sites for hydroxylation is 1. The van der Waals surface area contributed by atoms with Gasteiger partial charge in [0.1, 0.15) is 6.10 Å². The third kappa shape index (κ3) is 2.39. The van der Waals surface area contributed by atoms with Gasteiger partial charge in [-0.2, -0.15) is 9.29 Å². The molecule has 3 atom stereocenters. The number of ether oxygens (including phenoxy) is 1.